The zero-order valence-electron chi connectivity index (χ0n) is 28.1. The molecule has 4 heterocycles. The second-order valence-electron chi connectivity index (χ2n) is 12.8. The number of carbonyl (C=O) groups is 2. The van der Waals surface area contributed by atoms with Crippen molar-refractivity contribution in [3.05, 3.63) is 122 Å². The molecule has 0 unspecified atom stereocenters. The molecule has 1 amide bonds. The number of carboxylic acids is 1. The fourth-order valence-electron chi connectivity index (χ4n) is 7.11. The summed E-state index contributed by atoms with van der Waals surface area (Å²) in [7, 11) is 0. The molecule has 286 valence electrons. The highest BCUT2D eigenvalue weighted by atomic mass is 35.5. The third kappa shape index (κ3) is 8.74. The number of piperidine rings is 3. The molecule has 54 heavy (non-hydrogen) atoms. The van der Waals surface area contributed by atoms with E-state index in [4.69, 9.17) is 27.9 Å². The van der Waals surface area contributed by atoms with Crippen LogP contribution in [0.1, 0.15) is 51.4 Å². The van der Waals surface area contributed by atoms with E-state index in [0.29, 0.717) is 11.3 Å². The van der Waals surface area contributed by atoms with E-state index >= 15 is 4.39 Å². The fourth-order valence-corrected chi connectivity index (χ4v) is 7.71. The van der Waals surface area contributed by atoms with Gasteiger partial charge in [0.05, 0.1) is 17.8 Å². The van der Waals surface area contributed by atoms with Crippen LogP contribution >= 0.6 is 23.2 Å². The van der Waals surface area contributed by atoms with Gasteiger partial charge in [0.15, 0.2) is 23.9 Å². The van der Waals surface area contributed by atoms with Crippen LogP contribution in [0, 0.1) is 16.9 Å². The highest BCUT2D eigenvalue weighted by Crippen LogP contribution is 2.42. The molecule has 1 aromatic heterocycles. The number of ether oxygens (including phenoxy) is 3. The average Bonchev–Trinajstić information content (AvgIpc) is 3.11. The third-order valence-electron chi connectivity index (χ3n) is 9.58. The van der Waals surface area contributed by atoms with E-state index < -0.39 is 61.2 Å². The zero-order valence-corrected chi connectivity index (χ0v) is 29.7. The summed E-state index contributed by atoms with van der Waals surface area (Å²) in [6, 6.07) is 12.8. The van der Waals surface area contributed by atoms with Gasteiger partial charge in [-0.15, -0.1) is 0 Å². The van der Waals surface area contributed by atoms with Crippen LogP contribution in [0.3, 0.4) is 0 Å². The van der Waals surface area contributed by atoms with Gasteiger partial charge in [0.1, 0.15) is 22.0 Å². The van der Waals surface area contributed by atoms with Crippen molar-refractivity contribution in [3.63, 3.8) is 0 Å². The van der Waals surface area contributed by atoms with E-state index in [2.05, 4.69) is 14.4 Å². The Labute approximate surface area is 315 Å². The average molecular weight is 797 g/mol. The summed E-state index contributed by atoms with van der Waals surface area (Å²) in [4.78, 5) is 30.2. The molecule has 1 N–H and O–H groups in total. The lowest BCUT2D eigenvalue weighted by molar-refractivity contribution is -0.605. The summed E-state index contributed by atoms with van der Waals surface area (Å²) in [5.41, 5.74) is -0.150. The van der Waals surface area contributed by atoms with Gasteiger partial charge in [0, 0.05) is 18.0 Å². The first kappa shape index (κ1) is 38.9. The molecule has 2 bridgehead atoms. The quantitative estimate of drug-likeness (QED) is 0.0817. The minimum Gasteiger partial charge on any atom is -0.619 e. The Bertz CT molecular complexity index is 2000. The number of benzene rings is 3. The van der Waals surface area contributed by atoms with Gasteiger partial charge in [-0.1, -0.05) is 53.5 Å². The number of nitrogens with zero attached hydrogens (tertiary/aromatic N) is 3. The Balaban J connectivity index is 1.51. The number of carbonyl (C=O) groups excluding carboxylic acids is 1. The number of carboxylic acid groups (broad SMARTS) is 1. The molecule has 0 radical (unpaired) electrons. The van der Waals surface area contributed by atoms with E-state index in [1.807, 2.05) is 0 Å². The van der Waals surface area contributed by atoms with Gasteiger partial charge in [-0.25, -0.2) is 14.0 Å². The van der Waals surface area contributed by atoms with Crippen molar-refractivity contribution in [2.45, 2.75) is 51.1 Å². The maximum Gasteiger partial charge on any atom is 0.415 e. The standard InChI is InChI=1S/C37H32Cl2F5N3O7/c38-26-17-46(51)18-27(39)25(26)15-24(21-8-9-30(52-35(41)42)31(14-21)53-36(43)44)33-22(4-3-5-23(33)34(48)49)16-47(29-7-2-1-6-28(29)40)37(50)54-32-19-45-12-10-20(32)11-13-45/h1-9,14,17-18,20,24,32,35-36H,10-13,15-16,19H2,(H,48,49)/t24-,32+/m1/s1. The largest absolute Gasteiger partial charge is 0.619 e. The smallest absolute Gasteiger partial charge is 0.415 e. The summed E-state index contributed by atoms with van der Waals surface area (Å²) in [5.74, 6) is -4.85. The number of aromatic carboxylic acids is 1. The van der Waals surface area contributed by atoms with Crippen molar-refractivity contribution >= 4 is 41.0 Å². The van der Waals surface area contributed by atoms with Gasteiger partial charge in [0.2, 0.25) is 0 Å². The van der Waals surface area contributed by atoms with Gasteiger partial charge in [-0.3, -0.25) is 9.80 Å². The molecule has 2 atom stereocenters. The first-order valence-electron chi connectivity index (χ1n) is 16.7. The molecule has 3 fully saturated rings. The normalized spacial score (nSPS) is 18.4. The molecular formula is C37H32Cl2F5N3O7. The van der Waals surface area contributed by atoms with E-state index in [1.54, 1.807) is 0 Å². The Morgan fingerprint density at radius 2 is 1.61 bits per heavy atom. The van der Waals surface area contributed by atoms with E-state index in [0.717, 1.165) is 61.4 Å². The summed E-state index contributed by atoms with van der Waals surface area (Å²) in [6.45, 7) is -5.09. The molecular weight excluding hydrogens is 764 g/mol. The molecule has 3 aliphatic heterocycles. The van der Waals surface area contributed by atoms with Crippen LogP contribution in [0.25, 0.3) is 0 Å². The number of halogens is 7. The highest BCUT2D eigenvalue weighted by Gasteiger charge is 2.38. The second-order valence-corrected chi connectivity index (χ2v) is 13.6. The predicted molar refractivity (Wildman–Crippen MR) is 186 cm³/mol. The number of pyridine rings is 1. The van der Waals surface area contributed by atoms with Gasteiger partial charge in [-0.2, -0.15) is 22.3 Å². The summed E-state index contributed by atoms with van der Waals surface area (Å²) < 4.78 is 84.4. The lowest BCUT2D eigenvalue weighted by Crippen LogP contribution is -2.53. The molecule has 0 saturated carbocycles. The third-order valence-corrected chi connectivity index (χ3v) is 10.2. The Hall–Kier alpha value is -4.86. The van der Waals surface area contributed by atoms with Crippen molar-refractivity contribution in [1.29, 1.82) is 0 Å². The van der Waals surface area contributed by atoms with Gasteiger partial charge < -0.3 is 24.5 Å². The highest BCUT2D eigenvalue weighted by molar-refractivity contribution is 6.35. The molecule has 0 spiro atoms. The fraction of sp³-hybridized carbons (Fsp3) is 0.324. The number of amides is 1. The van der Waals surface area contributed by atoms with Crippen molar-refractivity contribution in [3.8, 4) is 11.5 Å². The van der Waals surface area contributed by atoms with E-state index in [-0.39, 0.29) is 55.9 Å². The first-order valence-corrected chi connectivity index (χ1v) is 17.4. The van der Waals surface area contributed by atoms with Gasteiger partial charge in [0.25, 0.3) is 0 Å². The molecule has 3 aliphatic rings. The van der Waals surface area contributed by atoms with Gasteiger partial charge >= 0.3 is 25.3 Å². The Kier molecular flexibility index (Phi) is 12.0. The van der Waals surface area contributed by atoms with Crippen LogP contribution < -0.4 is 19.1 Å². The topological polar surface area (TPSA) is 115 Å². The maximum absolute atomic E-state index is 15.5. The first-order chi connectivity index (χ1) is 25.8. The van der Waals surface area contributed by atoms with Crippen LogP contribution in [-0.2, 0) is 17.7 Å². The van der Waals surface area contributed by atoms with Gasteiger partial charge in [-0.05, 0) is 85.3 Å². The minimum atomic E-state index is -3.47. The van der Waals surface area contributed by atoms with Crippen molar-refractivity contribution in [1.82, 2.24) is 4.90 Å². The molecule has 3 aromatic carbocycles. The van der Waals surface area contributed by atoms with Crippen LogP contribution in [0.2, 0.25) is 10.0 Å². The lowest BCUT2D eigenvalue weighted by atomic mass is 9.80. The number of hydrogen-bond acceptors (Lipinski definition) is 7. The van der Waals surface area contributed by atoms with Crippen molar-refractivity contribution in [2.24, 2.45) is 5.92 Å². The van der Waals surface area contributed by atoms with Crippen LogP contribution in [-0.4, -0.2) is 61.0 Å². The van der Waals surface area contributed by atoms with Crippen LogP contribution in [0.15, 0.2) is 73.1 Å². The second kappa shape index (κ2) is 16.7. The van der Waals surface area contributed by atoms with Crippen LogP contribution in [0.4, 0.5) is 32.4 Å². The van der Waals surface area contributed by atoms with E-state index in [1.165, 1.54) is 42.5 Å². The number of aromatic nitrogens is 1. The summed E-state index contributed by atoms with van der Waals surface area (Å²) in [5, 5.41) is 22.4. The van der Waals surface area contributed by atoms with E-state index in [9.17, 15) is 37.5 Å². The Morgan fingerprint density at radius 3 is 2.22 bits per heavy atom. The number of para-hydroxylation sites is 1. The summed E-state index contributed by atoms with van der Waals surface area (Å²) >= 11 is 12.9. The molecule has 4 aromatic rings. The zero-order chi connectivity index (χ0) is 38.7. The lowest BCUT2D eigenvalue weighted by Gasteiger charge is -2.44. The number of rotatable bonds is 13. The molecule has 7 rings (SSSR count). The molecule has 0 aliphatic carbocycles. The van der Waals surface area contributed by atoms with Crippen molar-refractivity contribution in [2.75, 3.05) is 24.5 Å². The number of anilines is 1. The maximum atomic E-state index is 15.5. The monoisotopic (exact) mass is 795 g/mol. The molecule has 10 nitrogen and oxygen atoms in total. The van der Waals surface area contributed by atoms with Crippen LogP contribution in [0.5, 0.6) is 11.5 Å². The minimum absolute atomic E-state index is 0.00140. The molecule has 3 saturated heterocycles. The van der Waals surface area contributed by atoms with Crippen molar-refractivity contribution < 1.29 is 55.6 Å². The number of alkyl halides is 4. The number of fused-ring (bicyclic) bond motifs is 3. The SMILES string of the molecule is O=C(O)c1cccc(CN(C(=O)O[C@H]2CN3CCC2CC3)c2ccccc2F)c1[C@H](Cc1c(Cl)c[n+]([O-])cc1Cl)c1ccc(OC(F)F)c(OC(F)F)c1. The Morgan fingerprint density at radius 1 is 0.944 bits per heavy atom. The predicted octanol–water partition coefficient (Wildman–Crippen LogP) is 8.28. The number of hydrogen-bond donors (Lipinski definition) is 1. The summed E-state index contributed by atoms with van der Waals surface area (Å²) in [6.07, 6.45) is 1.98. The molecule has 17 heteroatoms.